The van der Waals surface area contributed by atoms with Crippen molar-refractivity contribution in [3.05, 3.63) is 82.3 Å². The topological polar surface area (TPSA) is 105 Å². The third-order valence-electron chi connectivity index (χ3n) is 6.05. The molecule has 0 aromatic heterocycles. The van der Waals surface area contributed by atoms with Gasteiger partial charge in [-0.1, -0.05) is 41.4 Å². The molecule has 1 N–H and O–H groups in total. The van der Waals surface area contributed by atoms with E-state index >= 15 is 0 Å². The Morgan fingerprint density at radius 3 is 2.23 bits per heavy atom. The molecule has 0 bridgehead atoms. The molecule has 3 aromatic rings. The van der Waals surface area contributed by atoms with Gasteiger partial charge >= 0.3 is 0 Å². The molecule has 9 nitrogen and oxygen atoms in total. The summed E-state index contributed by atoms with van der Waals surface area (Å²) >= 11 is 12.4. The van der Waals surface area contributed by atoms with Gasteiger partial charge in [0.25, 0.3) is 10.0 Å². The van der Waals surface area contributed by atoms with Crippen LogP contribution in [0.3, 0.4) is 0 Å². The van der Waals surface area contributed by atoms with Crippen molar-refractivity contribution in [1.29, 1.82) is 0 Å². The lowest BCUT2D eigenvalue weighted by molar-refractivity contribution is -0.139. The zero-order valence-corrected chi connectivity index (χ0v) is 24.2. The molecule has 0 aliphatic rings. The van der Waals surface area contributed by atoms with Crippen molar-refractivity contribution in [3.8, 4) is 11.5 Å². The number of amides is 2. The first-order valence-corrected chi connectivity index (χ1v) is 14.0. The van der Waals surface area contributed by atoms with Crippen molar-refractivity contribution in [3.63, 3.8) is 0 Å². The van der Waals surface area contributed by atoms with Gasteiger partial charge in [-0.3, -0.25) is 13.9 Å². The number of nitrogens with one attached hydrogen (secondary N) is 1. The Balaban J connectivity index is 2.09. The monoisotopic (exact) mass is 593 g/mol. The van der Waals surface area contributed by atoms with E-state index in [9.17, 15) is 18.0 Å². The summed E-state index contributed by atoms with van der Waals surface area (Å²) in [6.07, 6.45) is 0. The van der Waals surface area contributed by atoms with Crippen molar-refractivity contribution in [2.45, 2.75) is 24.4 Å². The Hall–Kier alpha value is -3.47. The number of anilines is 1. The van der Waals surface area contributed by atoms with Crippen LogP contribution in [-0.4, -0.2) is 59.0 Å². The van der Waals surface area contributed by atoms with E-state index in [1.807, 2.05) is 0 Å². The second kappa shape index (κ2) is 13.1. The van der Waals surface area contributed by atoms with E-state index < -0.39 is 34.4 Å². The molecular weight excluding hydrogens is 565 g/mol. The standard InChI is InChI=1S/C27H29Cl2N3O6S/c1-18(27(34)30-2)31(16-19-9-10-20(28)15-23(19)29)26(33)17-32(24-7-5-6-8-25(24)38-4)39(35,36)22-13-11-21(37-3)12-14-22/h5-15,18H,16-17H2,1-4H3,(H,30,34). The number of sulfonamides is 1. The van der Waals surface area contributed by atoms with Crippen molar-refractivity contribution in [2.24, 2.45) is 0 Å². The molecule has 12 heteroatoms. The highest BCUT2D eigenvalue weighted by molar-refractivity contribution is 7.92. The van der Waals surface area contributed by atoms with Crippen LogP contribution >= 0.6 is 23.2 Å². The average molecular weight is 595 g/mol. The van der Waals surface area contributed by atoms with Crippen LogP contribution in [0, 0.1) is 0 Å². The van der Waals surface area contributed by atoms with E-state index in [0.29, 0.717) is 21.4 Å². The molecule has 0 aliphatic carbocycles. The summed E-state index contributed by atoms with van der Waals surface area (Å²) in [6, 6.07) is 16.1. The minimum absolute atomic E-state index is 0.0614. The average Bonchev–Trinajstić information content (AvgIpc) is 2.94. The fourth-order valence-electron chi connectivity index (χ4n) is 3.85. The van der Waals surface area contributed by atoms with Crippen molar-refractivity contribution >= 4 is 50.7 Å². The Morgan fingerprint density at radius 1 is 0.974 bits per heavy atom. The van der Waals surface area contributed by atoms with E-state index in [0.717, 1.165) is 4.31 Å². The van der Waals surface area contributed by atoms with Crippen LogP contribution in [0.2, 0.25) is 10.0 Å². The summed E-state index contributed by atoms with van der Waals surface area (Å²) in [5, 5.41) is 3.24. The molecule has 0 fully saturated rings. The third kappa shape index (κ3) is 6.95. The van der Waals surface area contributed by atoms with E-state index in [-0.39, 0.29) is 22.9 Å². The predicted molar refractivity (Wildman–Crippen MR) is 151 cm³/mol. The largest absolute Gasteiger partial charge is 0.497 e. The van der Waals surface area contributed by atoms with Crippen LogP contribution in [0.25, 0.3) is 0 Å². The molecular formula is C27H29Cl2N3O6S. The van der Waals surface area contributed by atoms with Gasteiger partial charge in [-0.05, 0) is 61.0 Å². The van der Waals surface area contributed by atoms with E-state index in [4.69, 9.17) is 32.7 Å². The molecule has 0 saturated carbocycles. The van der Waals surface area contributed by atoms with Gasteiger partial charge in [0, 0.05) is 23.6 Å². The Kier molecular flexibility index (Phi) is 10.1. The summed E-state index contributed by atoms with van der Waals surface area (Å²) < 4.78 is 39.3. The van der Waals surface area contributed by atoms with Gasteiger partial charge in [0.15, 0.2) is 0 Å². The maximum atomic E-state index is 13.9. The summed E-state index contributed by atoms with van der Waals surface area (Å²) in [5.74, 6) is -0.358. The number of likely N-dealkylation sites (N-methyl/N-ethyl adjacent to an activating group) is 1. The number of ether oxygens (including phenoxy) is 2. The number of carbonyl (C=O) groups excluding carboxylic acids is 2. The molecule has 0 spiro atoms. The van der Waals surface area contributed by atoms with Gasteiger partial charge in [0.1, 0.15) is 24.1 Å². The van der Waals surface area contributed by atoms with E-state index in [1.54, 1.807) is 37.3 Å². The molecule has 39 heavy (non-hydrogen) atoms. The van der Waals surface area contributed by atoms with Crippen LogP contribution in [-0.2, 0) is 26.2 Å². The fraction of sp³-hybridized carbons (Fsp3) is 0.259. The lowest BCUT2D eigenvalue weighted by Crippen LogP contribution is -2.50. The second-order valence-corrected chi connectivity index (χ2v) is 11.1. The number of nitrogens with zero attached hydrogens (tertiary/aromatic N) is 2. The summed E-state index contributed by atoms with van der Waals surface area (Å²) in [5.41, 5.74) is 0.688. The molecule has 3 rings (SSSR count). The highest BCUT2D eigenvalue weighted by Gasteiger charge is 2.33. The van der Waals surface area contributed by atoms with Gasteiger partial charge in [-0.2, -0.15) is 0 Å². The van der Waals surface area contributed by atoms with Crippen LogP contribution < -0.4 is 19.1 Å². The van der Waals surface area contributed by atoms with Crippen LogP contribution in [0.4, 0.5) is 5.69 Å². The zero-order valence-electron chi connectivity index (χ0n) is 21.9. The normalized spacial score (nSPS) is 11.8. The molecule has 0 heterocycles. The minimum Gasteiger partial charge on any atom is -0.497 e. The van der Waals surface area contributed by atoms with Crippen molar-refractivity contribution in [2.75, 3.05) is 32.1 Å². The van der Waals surface area contributed by atoms with Crippen molar-refractivity contribution < 1.29 is 27.5 Å². The molecule has 0 saturated heterocycles. The molecule has 2 amide bonds. The van der Waals surface area contributed by atoms with E-state index in [2.05, 4.69) is 5.32 Å². The van der Waals surface area contributed by atoms with Crippen LogP contribution in [0.1, 0.15) is 12.5 Å². The van der Waals surface area contributed by atoms with Gasteiger partial charge in [-0.25, -0.2) is 8.42 Å². The Labute approximate surface area is 238 Å². The first-order chi connectivity index (χ1) is 18.5. The first kappa shape index (κ1) is 30.1. The number of benzene rings is 3. The SMILES string of the molecule is CNC(=O)C(C)N(Cc1ccc(Cl)cc1Cl)C(=O)CN(c1ccccc1OC)S(=O)(=O)c1ccc(OC)cc1. The summed E-state index contributed by atoms with van der Waals surface area (Å²) in [4.78, 5) is 27.7. The lowest BCUT2D eigenvalue weighted by Gasteiger charge is -2.32. The fourth-order valence-corrected chi connectivity index (χ4v) is 5.74. The van der Waals surface area contributed by atoms with Crippen molar-refractivity contribution in [1.82, 2.24) is 10.2 Å². The quantitative estimate of drug-likeness (QED) is 0.354. The predicted octanol–water partition coefficient (Wildman–Crippen LogP) is 4.37. The molecule has 1 atom stereocenters. The van der Waals surface area contributed by atoms with Gasteiger partial charge in [0.05, 0.1) is 24.8 Å². The van der Waals surface area contributed by atoms with Crippen LogP contribution in [0.15, 0.2) is 71.6 Å². The number of hydrogen-bond donors (Lipinski definition) is 1. The Bertz CT molecular complexity index is 1430. The lowest BCUT2D eigenvalue weighted by atomic mass is 10.1. The number of hydrogen-bond acceptors (Lipinski definition) is 6. The second-order valence-electron chi connectivity index (χ2n) is 8.41. The summed E-state index contributed by atoms with van der Waals surface area (Å²) in [6.45, 7) is 0.860. The van der Waals surface area contributed by atoms with E-state index in [1.165, 1.54) is 62.6 Å². The first-order valence-electron chi connectivity index (χ1n) is 11.8. The zero-order chi connectivity index (χ0) is 28.7. The summed E-state index contributed by atoms with van der Waals surface area (Å²) in [7, 11) is 0.0530. The maximum absolute atomic E-state index is 13.9. The van der Waals surface area contributed by atoms with Gasteiger partial charge in [0.2, 0.25) is 11.8 Å². The molecule has 3 aromatic carbocycles. The minimum atomic E-state index is -4.27. The maximum Gasteiger partial charge on any atom is 0.264 e. The number of carbonyl (C=O) groups is 2. The number of para-hydroxylation sites is 2. The highest BCUT2D eigenvalue weighted by Crippen LogP contribution is 2.33. The van der Waals surface area contributed by atoms with Crippen LogP contribution in [0.5, 0.6) is 11.5 Å². The number of halogens is 2. The number of methoxy groups -OCH3 is 2. The molecule has 1 unspecified atom stereocenters. The van der Waals surface area contributed by atoms with Gasteiger partial charge < -0.3 is 19.7 Å². The van der Waals surface area contributed by atoms with Gasteiger partial charge in [-0.15, -0.1) is 0 Å². The molecule has 208 valence electrons. The smallest absolute Gasteiger partial charge is 0.264 e. The Morgan fingerprint density at radius 2 is 1.64 bits per heavy atom. The number of rotatable bonds is 11. The molecule has 0 aliphatic heterocycles. The molecule has 0 radical (unpaired) electrons. The highest BCUT2D eigenvalue weighted by atomic mass is 35.5. The third-order valence-corrected chi connectivity index (χ3v) is 8.41.